The van der Waals surface area contributed by atoms with Gasteiger partial charge in [0.15, 0.2) is 0 Å². The Balaban J connectivity index is 2.02. The van der Waals surface area contributed by atoms with Gasteiger partial charge in [-0.1, -0.05) is 6.42 Å². The lowest BCUT2D eigenvalue weighted by molar-refractivity contribution is -0.0312. The highest BCUT2D eigenvalue weighted by atomic mass is 16.5. The molecule has 2 aliphatic heterocycles. The molecule has 2 rings (SSSR count). The van der Waals surface area contributed by atoms with E-state index in [2.05, 4.69) is 11.9 Å². The van der Waals surface area contributed by atoms with Crippen molar-refractivity contribution in [2.45, 2.75) is 50.3 Å². The first-order valence-corrected chi connectivity index (χ1v) is 5.06. The fourth-order valence-electron chi connectivity index (χ4n) is 2.76. The number of ether oxygens (including phenoxy) is 1. The summed E-state index contributed by atoms with van der Waals surface area (Å²) in [5.41, 5.74) is 0. The first kappa shape index (κ1) is 8.52. The SMILES string of the molecule is COC1C[C@H]2CCC[C@@H](C1)N2C. The summed E-state index contributed by atoms with van der Waals surface area (Å²) in [6.07, 6.45) is 7.24. The highest BCUT2D eigenvalue weighted by Gasteiger charge is 2.35. The average molecular weight is 169 g/mol. The van der Waals surface area contributed by atoms with Gasteiger partial charge in [-0.3, -0.25) is 0 Å². The molecular formula is C10H19NO. The normalized spacial score (nSPS) is 43.0. The minimum atomic E-state index is 0.538. The summed E-state index contributed by atoms with van der Waals surface area (Å²) in [5.74, 6) is 0. The highest BCUT2D eigenvalue weighted by Crippen LogP contribution is 2.33. The molecule has 2 bridgehead atoms. The van der Waals surface area contributed by atoms with Gasteiger partial charge in [0, 0.05) is 19.2 Å². The lowest BCUT2D eigenvalue weighted by Gasteiger charge is -2.46. The molecule has 70 valence electrons. The van der Waals surface area contributed by atoms with Gasteiger partial charge < -0.3 is 9.64 Å². The predicted octanol–water partition coefficient (Wildman–Crippen LogP) is 1.65. The summed E-state index contributed by atoms with van der Waals surface area (Å²) in [4.78, 5) is 2.57. The van der Waals surface area contributed by atoms with Crippen LogP contribution in [0.2, 0.25) is 0 Å². The molecule has 0 aliphatic carbocycles. The van der Waals surface area contributed by atoms with Crippen LogP contribution in [0.3, 0.4) is 0 Å². The highest BCUT2D eigenvalue weighted by molar-refractivity contribution is 4.90. The number of hydrogen-bond donors (Lipinski definition) is 0. The minimum absolute atomic E-state index is 0.538. The third-order valence-electron chi connectivity index (χ3n) is 3.63. The maximum atomic E-state index is 5.45. The summed E-state index contributed by atoms with van der Waals surface area (Å²) in [7, 11) is 4.13. The Bertz CT molecular complexity index is 146. The monoisotopic (exact) mass is 169 g/mol. The number of nitrogens with zero attached hydrogens (tertiary/aromatic N) is 1. The summed E-state index contributed by atoms with van der Waals surface area (Å²) in [6.45, 7) is 0. The molecule has 3 atom stereocenters. The van der Waals surface area contributed by atoms with Gasteiger partial charge >= 0.3 is 0 Å². The third-order valence-corrected chi connectivity index (χ3v) is 3.63. The Hall–Kier alpha value is -0.0800. The number of methoxy groups -OCH3 is 1. The second-order valence-corrected chi connectivity index (χ2v) is 4.23. The van der Waals surface area contributed by atoms with Gasteiger partial charge in [-0.2, -0.15) is 0 Å². The number of rotatable bonds is 1. The summed E-state index contributed by atoms with van der Waals surface area (Å²) in [5, 5.41) is 0. The van der Waals surface area contributed by atoms with E-state index >= 15 is 0 Å². The van der Waals surface area contributed by atoms with E-state index in [0.717, 1.165) is 12.1 Å². The van der Waals surface area contributed by atoms with Crippen molar-refractivity contribution in [2.24, 2.45) is 0 Å². The molecule has 0 amide bonds. The molecule has 2 aliphatic rings. The molecule has 0 N–H and O–H groups in total. The van der Waals surface area contributed by atoms with Crippen LogP contribution in [0.25, 0.3) is 0 Å². The van der Waals surface area contributed by atoms with Gasteiger partial charge in [0.2, 0.25) is 0 Å². The maximum absolute atomic E-state index is 5.45. The quantitative estimate of drug-likeness (QED) is 0.592. The topological polar surface area (TPSA) is 12.5 Å². The van der Waals surface area contributed by atoms with Crippen molar-refractivity contribution in [1.82, 2.24) is 4.90 Å². The van der Waals surface area contributed by atoms with Gasteiger partial charge in [-0.25, -0.2) is 0 Å². The molecule has 0 spiro atoms. The summed E-state index contributed by atoms with van der Waals surface area (Å²) >= 11 is 0. The van der Waals surface area contributed by atoms with E-state index in [4.69, 9.17) is 4.74 Å². The molecular weight excluding hydrogens is 150 g/mol. The Morgan fingerprint density at radius 2 is 1.75 bits per heavy atom. The smallest absolute Gasteiger partial charge is 0.0601 e. The Morgan fingerprint density at radius 3 is 2.25 bits per heavy atom. The van der Waals surface area contributed by atoms with Crippen molar-refractivity contribution >= 4 is 0 Å². The third kappa shape index (κ3) is 1.38. The van der Waals surface area contributed by atoms with E-state index in [1.54, 1.807) is 0 Å². The first-order valence-electron chi connectivity index (χ1n) is 5.06. The first-order chi connectivity index (χ1) is 5.81. The second-order valence-electron chi connectivity index (χ2n) is 4.23. The molecule has 2 saturated heterocycles. The van der Waals surface area contributed by atoms with E-state index < -0.39 is 0 Å². The van der Waals surface area contributed by atoms with Gasteiger partial charge in [-0.15, -0.1) is 0 Å². The van der Waals surface area contributed by atoms with E-state index in [9.17, 15) is 0 Å². The summed E-state index contributed by atoms with van der Waals surface area (Å²) in [6, 6.07) is 1.62. The van der Waals surface area contributed by atoms with Crippen LogP contribution in [-0.2, 0) is 4.74 Å². The predicted molar refractivity (Wildman–Crippen MR) is 49.2 cm³/mol. The van der Waals surface area contributed by atoms with Gasteiger partial charge in [0.25, 0.3) is 0 Å². The standard InChI is InChI=1S/C10H19NO/c1-11-8-4-3-5-9(11)7-10(6-8)12-2/h8-10H,3-7H2,1-2H3/t8-,9+,10?. The van der Waals surface area contributed by atoms with Crippen LogP contribution < -0.4 is 0 Å². The van der Waals surface area contributed by atoms with Crippen molar-refractivity contribution in [1.29, 1.82) is 0 Å². The molecule has 2 fully saturated rings. The number of hydrogen-bond acceptors (Lipinski definition) is 2. The Kier molecular flexibility index (Phi) is 2.37. The van der Waals surface area contributed by atoms with Crippen molar-refractivity contribution in [3.8, 4) is 0 Å². The largest absolute Gasteiger partial charge is 0.381 e. The van der Waals surface area contributed by atoms with E-state index in [-0.39, 0.29) is 0 Å². The molecule has 0 radical (unpaired) electrons. The zero-order valence-corrected chi connectivity index (χ0v) is 8.12. The van der Waals surface area contributed by atoms with Gasteiger partial charge in [0.05, 0.1) is 6.10 Å². The van der Waals surface area contributed by atoms with E-state index in [0.29, 0.717) is 6.10 Å². The van der Waals surface area contributed by atoms with Crippen LogP contribution in [-0.4, -0.2) is 37.2 Å². The van der Waals surface area contributed by atoms with Crippen LogP contribution in [0.15, 0.2) is 0 Å². The van der Waals surface area contributed by atoms with Crippen LogP contribution in [0, 0.1) is 0 Å². The molecule has 2 heterocycles. The zero-order chi connectivity index (χ0) is 8.55. The fourth-order valence-corrected chi connectivity index (χ4v) is 2.76. The maximum Gasteiger partial charge on any atom is 0.0601 e. The molecule has 0 aromatic rings. The molecule has 1 unspecified atom stereocenters. The minimum Gasteiger partial charge on any atom is -0.381 e. The van der Waals surface area contributed by atoms with Crippen LogP contribution in [0.5, 0.6) is 0 Å². The van der Waals surface area contributed by atoms with Crippen LogP contribution in [0.4, 0.5) is 0 Å². The fraction of sp³-hybridized carbons (Fsp3) is 1.00. The van der Waals surface area contributed by atoms with Gasteiger partial charge in [-0.05, 0) is 32.7 Å². The molecule has 2 nitrogen and oxygen atoms in total. The number of fused-ring (bicyclic) bond motifs is 2. The van der Waals surface area contributed by atoms with Gasteiger partial charge in [0.1, 0.15) is 0 Å². The van der Waals surface area contributed by atoms with Crippen molar-refractivity contribution in [2.75, 3.05) is 14.2 Å². The molecule has 12 heavy (non-hydrogen) atoms. The average Bonchev–Trinajstić information content (AvgIpc) is 2.04. The Morgan fingerprint density at radius 1 is 1.17 bits per heavy atom. The van der Waals surface area contributed by atoms with Crippen molar-refractivity contribution in [3.63, 3.8) is 0 Å². The zero-order valence-electron chi connectivity index (χ0n) is 8.12. The summed E-state index contributed by atoms with van der Waals surface area (Å²) < 4.78 is 5.45. The molecule has 0 saturated carbocycles. The second kappa shape index (κ2) is 3.35. The molecule has 0 aromatic carbocycles. The lowest BCUT2D eigenvalue weighted by atomic mass is 9.83. The van der Waals surface area contributed by atoms with E-state index in [1.165, 1.54) is 32.1 Å². The van der Waals surface area contributed by atoms with E-state index in [1.807, 2.05) is 7.11 Å². The van der Waals surface area contributed by atoms with Crippen molar-refractivity contribution in [3.05, 3.63) is 0 Å². The van der Waals surface area contributed by atoms with Crippen LogP contribution >= 0.6 is 0 Å². The van der Waals surface area contributed by atoms with Crippen molar-refractivity contribution < 1.29 is 4.74 Å². The number of piperidine rings is 2. The Labute approximate surface area is 74.9 Å². The molecule has 2 heteroatoms. The lowest BCUT2D eigenvalue weighted by Crippen LogP contribution is -2.51. The van der Waals surface area contributed by atoms with Crippen LogP contribution in [0.1, 0.15) is 32.1 Å². The molecule has 0 aromatic heterocycles.